The zero-order valence-corrected chi connectivity index (χ0v) is 13.7. The summed E-state index contributed by atoms with van der Waals surface area (Å²) in [6.07, 6.45) is 5.02. The van der Waals surface area contributed by atoms with Crippen molar-refractivity contribution >= 4 is 11.6 Å². The Hall–Kier alpha value is -0.570. The van der Waals surface area contributed by atoms with Gasteiger partial charge >= 0.3 is 0 Å². The summed E-state index contributed by atoms with van der Waals surface area (Å²) in [4.78, 5) is 2.48. The standard InChI is InChI=1S/C17H27ClN2/c1-13-6-5-9-17(11-13,12-19)20(3)14(2)15-7-4-8-16(18)10-15/h4,7-8,10,13-14H,5-6,9,11-12,19H2,1-3H3. The van der Waals surface area contributed by atoms with Gasteiger partial charge in [0.25, 0.3) is 0 Å². The minimum absolute atomic E-state index is 0.138. The second kappa shape index (κ2) is 6.46. The average Bonchev–Trinajstić information content (AvgIpc) is 2.45. The van der Waals surface area contributed by atoms with E-state index in [4.69, 9.17) is 17.3 Å². The third-order valence-corrected chi connectivity index (χ3v) is 5.34. The van der Waals surface area contributed by atoms with Gasteiger partial charge < -0.3 is 5.73 Å². The first-order valence-corrected chi connectivity index (χ1v) is 8.05. The Bertz CT molecular complexity index is 448. The minimum Gasteiger partial charge on any atom is -0.329 e. The lowest BCUT2D eigenvalue weighted by Gasteiger charge is -2.48. The molecule has 3 atom stereocenters. The Morgan fingerprint density at radius 1 is 1.50 bits per heavy atom. The summed E-state index contributed by atoms with van der Waals surface area (Å²) in [5.74, 6) is 0.765. The van der Waals surface area contributed by atoms with Gasteiger partial charge in [0.05, 0.1) is 0 Å². The van der Waals surface area contributed by atoms with Crippen LogP contribution in [0.2, 0.25) is 5.02 Å². The van der Waals surface area contributed by atoms with Gasteiger partial charge in [-0.05, 0) is 50.4 Å². The van der Waals surface area contributed by atoms with Crippen LogP contribution in [0, 0.1) is 5.92 Å². The Balaban J connectivity index is 2.21. The highest BCUT2D eigenvalue weighted by molar-refractivity contribution is 6.30. The van der Waals surface area contributed by atoms with Gasteiger partial charge in [-0.1, -0.05) is 43.5 Å². The Morgan fingerprint density at radius 3 is 2.85 bits per heavy atom. The molecule has 3 unspecified atom stereocenters. The molecular formula is C17H27ClN2. The number of halogens is 1. The average molecular weight is 295 g/mol. The first-order valence-electron chi connectivity index (χ1n) is 7.67. The predicted molar refractivity (Wildman–Crippen MR) is 87.0 cm³/mol. The fourth-order valence-electron chi connectivity index (χ4n) is 3.68. The molecule has 0 aromatic heterocycles. The molecule has 0 amide bonds. The van der Waals surface area contributed by atoms with Crippen molar-refractivity contribution in [2.45, 2.75) is 51.1 Å². The first kappa shape index (κ1) is 15.8. The molecule has 2 rings (SSSR count). The lowest BCUT2D eigenvalue weighted by molar-refractivity contribution is 0.0319. The maximum Gasteiger partial charge on any atom is 0.0409 e. The predicted octanol–water partition coefficient (Wildman–Crippen LogP) is 4.24. The maximum absolute atomic E-state index is 6.18. The molecule has 0 heterocycles. The van der Waals surface area contributed by atoms with E-state index >= 15 is 0 Å². The first-order chi connectivity index (χ1) is 9.48. The number of hydrogen-bond donors (Lipinski definition) is 1. The van der Waals surface area contributed by atoms with Crippen LogP contribution in [0.15, 0.2) is 24.3 Å². The normalized spacial score (nSPS) is 28.6. The maximum atomic E-state index is 6.18. The Labute approximate surface area is 128 Å². The fourth-order valence-corrected chi connectivity index (χ4v) is 3.88. The summed E-state index contributed by atoms with van der Waals surface area (Å²) in [5, 5.41) is 0.807. The Morgan fingerprint density at radius 2 is 2.25 bits per heavy atom. The van der Waals surface area contributed by atoms with Crippen molar-refractivity contribution in [3.63, 3.8) is 0 Å². The van der Waals surface area contributed by atoms with Gasteiger partial charge in [0.1, 0.15) is 0 Å². The van der Waals surface area contributed by atoms with Crippen molar-refractivity contribution in [1.29, 1.82) is 0 Å². The van der Waals surface area contributed by atoms with E-state index < -0.39 is 0 Å². The second-order valence-corrected chi connectivity index (χ2v) is 6.91. The van der Waals surface area contributed by atoms with Crippen molar-refractivity contribution in [3.8, 4) is 0 Å². The molecule has 0 aliphatic heterocycles. The SMILES string of the molecule is CC1CCCC(CN)(N(C)C(C)c2cccc(Cl)c2)C1. The molecule has 20 heavy (non-hydrogen) atoms. The monoisotopic (exact) mass is 294 g/mol. The van der Waals surface area contributed by atoms with E-state index in [-0.39, 0.29) is 5.54 Å². The number of benzene rings is 1. The van der Waals surface area contributed by atoms with E-state index in [2.05, 4.69) is 37.9 Å². The molecule has 1 aromatic rings. The van der Waals surface area contributed by atoms with E-state index in [1.165, 1.54) is 31.2 Å². The smallest absolute Gasteiger partial charge is 0.0409 e. The van der Waals surface area contributed by atoms with Crippen LogP contribution in [-0.4, -0.2) is 24.0 Å². The van der Waals surface area contributed by atoms with Crippen molar-refractivity contribution in [1.82, 2.24) is 4.90 Å². The van der Waals surface area contributed by atoms with E-state index in [1.54, 1.807) is 0 Å². The highest BCUT2D eigenvalue weighted by Gasteiger charge is 2.39. The highest BCUT2D eigenvalue weighted by Crippen LogP contribution is 2.39. The molecule has 3 heteroatoms. The molecular weight excluding hydrogens is 268 g/mol. The van der Waals surface area contributed by atoms with Crippen LogP contribution >= 0.6 is 11.6 Å². The van der Waals surface area contributed by atoms with Crippen molar-refractivity contribution < 1.29 is 0 Å². The molecule has 2 N–H and O–H groups in total. The van der Waals surface area contributed by atoms with Crippen LogP contribution in [0.3, 0.4) is 0 Å². The van der Waals surface area contributed by atoms with Gasteiger partial charge in [0.15, 0.2) is 0 Å². The number of hydrogen-bond acceptors (Lipinski definition) is 2. The van der Waals surface area contributed by atoms with Crippen LogP contribution in [-0.2, 0) is 0 Å². The van der Waals surface area contributed by atoms with Crippen LogP contribution in [0.5, 0.6) is 0 Å². The van der Waals surface area contributed by atoms with Crippen molar-refractivity contribution in [2.24, 2.45) is 11.7 Å². The molecule has 2 nitrogen and oxygen atoms in total. The van der Waals surface area contributed by atoms with Gasteiger partial charge in [0.2, 0.25) is 0 Å². The molecule has 1 saturated carbocycles. The fraction of sp³-hybridized carbons (Fsp3) is 0.647. The van der Waals surface area contributed by atoms with Crippen LogP contribution in [0.4, 0.5) is 0 Å². The van der Waals surface area contributed by atoms with E-state index in [0.29, 0.717) is 6.04 Å². The summed E-state index contributed by atoms with van der Waals surface area (Å²) in [7, 11) is 2.22. The van der Waals surface area contributed by atoms with Crippen LogP contribution in [0.25, 0.3) is 0 Å². The third-order valence-electron chi connectivity index (χ3n) is 5.11. The molecule has 1 aliphatic carbocycles. The number of nitrogens with zero attached hydrogens (tertiary/aromatic N) is 1. The van der Waals surface area contributed by atoms with Gasteiger partial charge in [-0.2, -0.15) is 0 Å². The second-order valence-electron chi connectivity index (χ2n) is 6.47. The lowest BCUT2D eigenvalue weighted by Crippen LogP contribution is -2.55. The molecule has 1 aliphatic rings. The molecule has 0 spiro atoms. The van der Waals surface area contributed by atoms with E-state index in [9.17, 15) is 0 Å². The molecule has 0 saturated heterocycles. The van der Waals surface area contributed by atoms with E-state index in [0.717, 1.165) is 17.5 Å². The van der Waals surface area contributed by atoms with Crippen molar-refractivity contribution in [3.05, 3.63) is 34.9 Å². The minimum atomic E-state index is 0.138. The molecule has 0 bridgehead atoms. The van der Waals surface area contributed by atoms with Crippen LogP contribution < -0.4 is 5.73 Å². The molecule has 0 radical (unpaired) electrons. The third kappa shape index (κ3) is 3.19. The van der Waals surface area contributed by atoms with Gasteiger partial charge in [-0.3, -0.25) is 4.90 Å². The van der Waals surface area contributed by atoms with Gasteiger partial charge in [-0.15, -0.1) is 0 Å². The lowest BCUT2D eigenvalue weighted by atomic mass is 9.74. The summed E-state index contributed by atoms with van der Waals surface area (Å²) in [6, 6.07) is 8.52. The number of nitrogens with two attached hydrogens (primary N) is 1. The molecule has 1 aromatic carbocycles. The summed E-state index contributed by atoms with van der Waals surface area (Å²) >= 11 is 6.13. The molecule has 112 valence electrons. The zero-order valence-electron chi connectivity index (χ0n) is 12.9. The zero-order chi connectivity index (χ0) is 14.8. The topological polar surface area (TPSA) is 29.3 Å². The van der Waals surface area contributed by atoms with Gasteiger partial charge in [-0.25, -0.2) is 0 Å². The highest BCUT2D eigenvalue weighted by atomic mass is 35.5. The van der Waals surface area contributed by atoms with E-state index in [1.807, 2.05) is 12.1 Å². The number of rotatable bonds is 4. The number of likely N-dealkylation sites (N-methyl/N-ethyl adjacent to an activating group) is 1. The van der Waals surface area contributed by atoms with Gasteiger partial charge in [0, 0.05) is 23.1 Å². The summed E-state index contributed by atoms with van der Waals surface area (Å²) in [5.41, 5.74) is 7.59. The van der Waals surface area contributed by atoms with Crippen LogP contribution in [0.1, 0.15) is 51.1 Å². The summed E-state index contributed by atoms with van der Waals surface area (Å²) < 4.78 is 0. The molecule has 1 fully saturated rings. The largest absolute Gasteiger partial charge is 0.329 e. The Kier molecular flexibility index (Phi) is 5.11. The summed E-state index contributed by atoms with van der Waals surface area (Å²) in [6.45, 7) is 5.34. The van der Waals surface area contributed by atoms with Crippen molar-refractivity contribution in [2.75, 3.05) is 13.6 Å². The quantitative estimate of drug-likeness (QED) is 0.900.